The van der Waals surface area contributed by atoms with Crippen LogP contribution in [0.3, 0.4) is 0 Å². The SMILES string of the molecule is C[C@@H](/C=C/CC(=O)N(CCO)Cc1ccccc1)[C@]1(O)C(=O)N(Cc2ccc(N(C=O)c3ccccc3)cc2)c2ccc(Br)cc21. The molecule has 4 aromatic rings. The van der Waals surface area contributed by atoms with E-state index in [1.807, 2.05) is 97.1 Å². The van der Waals surface area contributed by atoms with Crippen molar-refractivity contribution in [2.24, 2.45) is 5.92 Å². The molecule has 1 aliphatic rings. The van der Waals surface area contributed by atoms with Gasteiger partial charge in [-0.2, -0.15) is 0 Å². The second kappa shape index (κ2) is 14.7. The van der Waals surface area contributed by atoms with Gasteiger partial charge in [0.2, 0.25) is 12.3 Å². The molecule has 46 heavy (non-hydrogen) atoms. The molecule has 1 heterocycles. The van der Waals surface area contributed by atoms with E-state index in [0.29, 0.717) is 23.5 Å². The number of fused-ring (bicyclic) bond motifs is 1. The molecule has 2 N–H and O–H groups in total. The summed E-state index contributed by atoms with van der Waals surface area (Å²) in [6.07, 6.45) is 4.20. The quantitative estimate of drug-likeness (QED) is 0.132. The predicted molar refractivity (Wildman–Crippen MR) is 182 cm³/mol. The van der Waals surface area contributed by atoms with Crippen LogP contribution in [0.15, 0.2) is 120 Å². The minimum atomic E-state index is -1.85. The zero-order valence-corrected chi connectivity index (χ0v) is 27.1. The van der Waals surface area contributed by atoms with Gasteiger partial charge in [0.15, 0.2) is 5.60 Å². The van der Waals surface area contributed by atoms with Crippen LogP contribution < -0.4 is 9.80 Å². The van der Waals surface area contributed by atoms with Crippen LogP contribution in [0.2, 0.25) is 0 Å². The average molecular weight is 683 g/mol. The molecule has 2 atom stereocenters. The average Bonchev–Trinajstić information content (AvgIpc) is 3.28. The Kier molecular flexibility index (Phi) is 10.5. The van der Waals surface area contributed by atoms with Gasteiger partial charge in [0.05, 0.1) is 18.8 Å². The van der Waals surface area contributed by atoms with Gasteiger partial charge >= 0.3 is 0 Å². The highest BCUT2D eigenvalue weighted by Crippen LogP contribution is 2.46. The summed E-state index contributed by atoms with van der Waals surface area (Å²) in [4.78, 5) is 43.6. The maximum atomic E-state index is 14.0. The minimum Gasteiger partial charge on any atom is -0.395 e. The molecular formula is C37H36BrN3O5. The van der Waals surface area contributed by atoms with Crippen LogP contribution >= 0.6 is 15.9 Å². The molecule has 1 aliphatic heterocycles. The second-order valence-electron chi connectivity index (χ2n) is 11.2. The first-order valence-electron chi connectivity index (χ1n) is 15.1. The molecule has 0 unspecified atom stereocenters. The molecule has 8 nitrogen and oxygen atoms in total. The Morgan fingerprint density at radius 2 is 1.59 bits per heavy atom. The highest BCUT2D eigenvalue weighted by Gasteiger charge is 2.52. The number of aliphatic hydroxyl groups excluding tert-OH is 1. The number of anilines is 3. The maximum absolute atomic E-state index is 14.0. The smallest absolute Gasteiger partial charge is 0.264 e. The molecule has 0 fully saturated rings. The lowest BCUT2D eigenvalue weighted by Gasteiger charge is -2.28. The first-order valence-corrected chi connectivity index (χ1v) is 15.9. The molecule has 236 valence electrons. The van der Waals surface area contributed by atoms with E-state index in [9.17, 15) is 24.6 Å². The summed E-state index contributed by atoms with van der Waals surface area (Å²) >= 11 is 3.49. The lowest BCUT2D eigenvalue weighted by molar-refractivity contribution is -0.139. The van der Waals surface area contributed by atoms with Crippen LogP contribution in [0.25, 0.3) is 0 Å². The third-order valence-corrected chi connectivity index (χ3v) is 8.73. The summed E-state index contributed by atoms with van der Waals surface area (Å²) in [6.45, 7) is 2.40. The van der Waals surface area contributed by atoms with Gasteiger partial charge in [-0.15, -0.1) is 0 Å². The van der Waals surface area contributed by atoms with Gasteiger partial charge < -0.3 is 20.0 Å². The molecule has 9 heteroatoms. The van der Waals surface area contributed by atoms with E-state index in [1.165, 1.54) is 0 Å². The molecule has 0 saturated carbocycles. The Labute approximate surface area is 277 Å². The number of amides is 3. The summed E-state index contributed by atoms with van der Waals surface area (Å²) in [5.41, 5.74) is 2.45. The van der Waals surface area contributed by atoms with Gasteiger partial charge in [0, 0.05) is 46.8 Å². The molecule has 0 saturated heterocycles. The number of hydrogen-bond donors (Lipinski definition) is 2. The molecule has 3 amide bonds. The van der Waals surface area contributed by atoms with Gasteiger partial charge in [-0.1, -0.05) is 95.7 Å². The third kappa shape index (κ3) is 6.97. The van der Waals surface area contributed by atoms with Gasteiger partial charge in [0.1, 0.15) is 0 Å². The summed E-state index contributed by atoms with van der Waals surface area (Å²) in [6, 6.07) is 31.7. The number of aliphatic hydroxyl groups is 2. The van der Waals surface area contributed by atoms with E-state index in [0.717, 1.165) is 27.7 Å². The van der Waals surface area contributed by atoms with Crippen molar-refractivity contribution in [3.05, 3.63) is 136 Å². The van der Waals surface area contributed by atoms with Crippen LogP contribution in [0.4, 0.5) is 17.1 Å². The van der Waals surface area contributed by atoms with Gasteiger partial charge in [-0.3, -0.25) is 19.3 Å². The van der Waals surface area contributed by atoms with Gasteiger partial charge in [-0.25, -0.2) is 0 Å². The first kappa shape index (κ1) is 32.8. The number of para-hydroxylation sites is 1. The van der Waals surface area contributed by atoms with Gasteiger partial charge in [-0.05, 0) is 53.6 Å². The summed E-state index contributed by atoms with van der Waals surface area (Å²) in [5.74, 6) is -1.28. The molecule has 0 bridgehead atoms. The Morgan fingerprint density at radius 3 is 2.24 bits per heavy atom. The van der Waals surface area contributed by atoms with Crippen molar-refractivity contribution in [2.45, 2.75) is 32.0 Å². The molecule has 0 radical (unpaired) electrons. The number of rotatable bonds is 13. The minimum absolute atomic E-state index is 0.0592. The number of hydrogen-bond acceptors (Lipinski definition) is 5. The van der Waals surface area contributed by atoms with Crippen LogP contribution in [0, 0.1) is 5.92 Å². The van der Waals surface area contributed by atoms with Crippen molar-refractivity contribution in [3.63, 3.8) is 0 Å². The Hall–Kier alpha value is -4.57. The Balaban J connectivity index is 1.32. The van der Waals surface area contributed by atoms with E-state index in [4.69, 9.17) is 0 Å². The van der Waals surface area contributed by atoms with E-state index in [2.05, 4.69) is 15.9 Å². The van der Waals surface area contributed by atoms with E-state index < -0.39 is 17.4 Å². The van der Waals surface area contributed by atoms with Crippen LogP contribution in [-0.2, 0) is 33.1 Å². The molecule has 5 rings (SSSR count). The predicted octanol–water partition coefficient (Wildman–Crippen LogP) is 6.08. The number of nitrogens with zero attached hydrogens (tertiary/aromatic N) is 3. The van der Waals surface area contributed by atoms with E-state index >= 15 is 0 Å². The number of carbonyl (C=O) groups excluding carboxylic acids is 3. The highest BCUT2D eigenvalue weighted by molar-refractivity contribution is 9.10. The largest absolute Gasteiger partial charge is 0.395 e. The standard InChI is InChI=1S/C37H36BrN3O5/c1-27(9-8-14-35(44)39(21-22-42)24-28-10-4-2-5-11-28)37(46)33-23-30(38)17-20-34(33)40(36(37)45)25-29-15-18-32(19-16-29)41(26-43)31-12-6-3-7-13-31/h2-13,15-20,23,26-27,42,46H,14,21-22,24-25H2,1H3/b9-8+/t27-,37+/m0/s1. The van der Waals surface area contributed by atoms with Crippen molar-refractivity contribution < 1.29 is 24.6 Å². The van der Waals surface area contributed by atoms with Crippen LogP contribution in [0.5, 0.6) is 0 Å². The van der Waals surface area contributed by atoms with Crippen molar-refractivity contribution in [3.8, 4) is 0 Å². The van der Waals surface area contributed by atoms with Crippen molar-refractivity contribution in [2.75, 3.05) is 23.0 Å². The molecule has 0 aromatic heterocycles. The lowest BCUT2D eigenvalue weighted by atomic mass is 9.83. The fourth-order valence-corrected chi connectivity index (χ4v) is 6.10. The van der Waals surface area contributed by atoms with Gasteiger partial charge in [0.25, 0.3) is 5.91 Å². The van der Waals surface area contributed by atoms with Crippen LogP contribution in [0.1, 0.15) is 30.0 Å². The highest BCUT2D eigenvalue weighted by atomic mass is 79.9. The fourth-order valence-electron chi connectivity index (χ4n) is 5.74. The van der Waals surface area contributed by atoms with Crippen molar-refractivity contribution in [1.82, 2.24) is 4.90 Å². The fraction of sp³-hybridized carbons (Fsp3) is 0.216. The topological polar surface area (TPSA) is 101 Å². The maximum Gasteiger partial charge on any atom is 0.264 e. The summed E-state index contributed by atoms with van der Waals surface area (Å²) < 4.78 is 0.727. The molecule has 0 aliphatic carbocycles. The zero-order chi connectivity index (χ0) is 32.7. The second-order valence-corrected chi connectivity index (χ2v) is 12.2. The van der Waals surface area contributed by atoms with Crippen molar-refractivity contribution in [1.29, 1.82) is 0 Å². The number of carbonyl (C=O) groups is 3. The third-order valence-electron chi connectivity index (χ3n) is 8.24. The van der Waals surface area contributed by atoms with E-state index in [-0.39, 0.29) is 32.0 Å². The number of benzene rings is 4. The first-order chi connectivity index (χ1) is 22.3. The Bertz CT molecular complexity index is 1700. The zero-order valence-electron chi connectivity index (χ0n) is 25.5. The Morgan fingerprint density at radius 1 is 0.935 bits per heavy atom. The van der Waals surface area contributed by atoms with E-state index in [1.54, 1.807) is 39.8 Å². The monoisotopic (exact) mass is 681 g/mol. The molecule has 0 spiro atoms. The summed E-state index contributed by atoms with van der Waals surface area (Å²) in [5, 5.41) is 21.6. The lowest BCUT2D eigenvalue weighted by Crippen LogP contribution is -2.44. The van der Waals surface area contributed by atoms with Crippen molar-refractivity contribution >= 4 is 51.2 Å². The molecule has 4 aromatic carbocycles. The van der Waals surface area contributed by atoms with Crippen LogP contribution in [-0.4, -0.2) is 46.5 Å². The summed E-state index contributed by atoms with van der Waals surface area (Å²) in [7, 11) is 0. The molecular weight excluding hydrogens is 646 g/mol. The normalized spacial score (nSPS) is 16.3. The number of halogens is 1.